The molecule has 7 heteroatoms. The van der Waals surface area contributed by atoms with Crippen LogP contribution in [0.3, 0.4) is 0 Å². The molecule has 0 unspecified atom stereocenters. The van der Waals surface area contributed by atoms with Crippen molar-refractivity contribution in [3.05, 3.63) is 5.82 Å². The van der Waals surface area contributed by atoms with E-state index in [0.717, 1.165) is 0 Å². The molecular formula is C6H8N4O2S. The summed E-state index contributed by atoms with van der Waals surface area (Å²) in [5.41, 5.74) is 0. The molecule has 0 aliphatic carbocycles. The standard InChI is InChI=1S/C6H8N4O2S/c1-12-5(11)3-4-7-9-6(13-2)10-8-4/h3H2,1-2H3. The number of hydrogen-bond donors (Lipinski definition) is 0. The summed E-state index contributed by atoms with van der Waals surface area (Å²) in [5, 5.41) is 15.3. The number of methoxy groups -OCH3 is 1. The van der Waals surface area contributed by atoms with E-state index in [4.69, 9.17) is 0 Å². The Bertz CT molecular complexity index is 289. The first-order valence-corrected chi connectivity index (χ1v) is 4.66. The van der Waals surface area contributed by atoms with Gasteiger partial charge in [0, 0.05) is 0 Å². The minimum atomic E-state index is -0.402. The van der Waals surface area contributed by atoms with Crippen LogP contribution >= 0.6 is 11.8 Å². The van der Waals surface area contributed by atoms with E-state index in [0.29, 0.717) is 5.16 Å². The Morgan fingerprint density at radius 1 is 1.38 bits per heavy atom. The molecule has 1 aromatic heterocycles. The topological polar surface area (TPSA) is 77.9 Å². The molecule has 0 bridgehead atoms. The van der Waals surface area contributed by atoms with Crippen molar-refractivity contribution in [3.8, 4) is 0 Å². The molecule has 0 fully saturated rings. The number of carbonyl (C=O) groups is 1. The van der Waals surface area contributed by atoms with Crippen LogP contribution in [-0.4, -0.2) is 39.7 Å². The first-order chi connectivity index (χ1) is 6.26. The molecule has 0 aliphatic rings. The van der Waals surface area contributed by atoms with E-state index < -0.39 is 5.97 Å². The Morgan fingerprint density at radius 2 is 2.00 bits per heavy atom. The highest BCUT2D eigenvalue weighted by molar-refractivity contribution is 7.98. The average Bonchev–Trinajstić information content (AvgIpc) is 2.19. The van der Waals surface area contributed by atoms with Crippen molar-refractivity contribution in [2.45, 2.75) is 11.6 Å². The quantitative estimate of drug-likeness (QED) is 0.489. The Labute approximate surface area is 79.1 Å². The normalized spacial score (nSPS) is 9.69. The largest absolute Gasteiger partial charge is 0.469 e. The maximum atomic E-state index is 10.8. The van der Waals surface area contributed by atoms with Crippen LogP contribution in [-0.2, 0) is 16.0 Å². The summed E-state index contributed by atoms with van der Waals surface area (Å²) in [4.78, 5) is 10.8. The Hall–Kier alpha value is -1.24. The van der Waals surface area contributed by atoms with Crippen molar-refractivity contribution in [1.29, 1.82) is 0 Å². The molecule has 0 spiro atoms. The molecule has 1 heterocycles. The average molecular weight is 200 g/mol. The molecule has 0 aliphatic heterocycles. The summed E-state index contributed by atoms with van der Waals surface area (Å²) in [6.07, 6.45) is 1.82. The predicted octanol–water partition coefficient (Wildman–Crippen LogP) is -0.296. The van der Waals surface area contributed by atoms with Crippen LogP contribution in [0.5, 0.6) is 0 Å². The predicted molar refractivity (Wildman–Crippen MR) is 45.1 cm³/mol. The highest BCUT2D eigenvalue weighted by Crippen LogP contribution is 2.03. The number of carbonyl (C=O) groups excluding carboxylic acids is 1. The minimum Gasteiger partial charge on any atom is -0.469 e. The van der Waals surface area contributed by atoms with E-state index in [1.54, 1.807) is 0 Å². The van der Waals surface area contributed by atoms with Gasteiger partial charge < -0.3 is 4.74 Å². The molecular weight excluding hydrogens is 192 g/mol. The van der Waals surface area contributed by atoms with Crippen LogP contribution in [0, 0.1) is 0 Å². The molecule has 0 radical (unpaired) electrons. The molecule has 1 aromatic rings. The van der Waals surface area contributed by atoms with Gasteiger partial charge in [0.15, 0.2) is 5.82 Å². The van der Waals surface area contributed by atoms with Crippen molar-refractivity contribution in [2.24, 2.45) is 0 Å². The van der Waals surface area contributed by atoms with Crippen LogP contribution in [0.1, 0.15) is 5.82 Å². The van der Waals surface area contributed by atoms with Crippen LogP contribution in [0.2, 0.25) is 0 Å². The van der Waals surface area contributed by atoms with Gasteiger partial charge in [-0.3, -0.25) is 4.79 Å². The maximum absolute atomic E-state index is 10.8. The van der Waals surface area contributed by atoms with E-state index >= 15 is 0 Å². The number of ether oxygens (including phenoxy) is 1. The molecule has 0 atom stereocenters. The third-order valence-electron chi connectivity index (χ3n) is 1.21. The van der Waals surface area contributed by atoms with Gasteiger partial charge in [0.2, 0.25) is 5.16 Å². The molecule has 0 N–H and O–H groups in total. The smallest absolute Gasteiger partial charge is 0.313 e. The lowest BCUT2D eigenvalue weighted by Crippen LogP contribution is -2.10. The highest BCUT2D eigenvalue weighted by atomic mass is 32.2. The summed E-state index contributed by atoms with van der Waals surface area (Å²) in [7, 11) is 1.31. The summed E-state index contributed by atoms with van der Waals surface area (Å²) < 4.78 is 4.43. The molecule has 1 rings (SSSR count). The fourth-order valence-electron chi connectivity index (χ4n) is 0.595. The second-order valence-corrected chi connectivity index (χ2v) is 2.83. The lowest BCUT2D eigenvalue weighted by Gasteiger charge is -1.96. The van der Waals surface area contributed by atoms with E-state index in [1.807, 2.05) is 6.26 Å². The minimum absolute atomic E-state index is 0.00512. The number of nitrogens with zero attached hydrogens (tertiary/aromatic N) is 4. The zero-order chi connectivity index (χ0) is 9.68. The van der Waals surface area contributed by atoms with Gasteiger partial charge in [0.1, 0.15) is 6.42 Å². The summed E-state index contributed by atoms with van der Waals surface area (Å²) in [6, 6.07) is 0. The van der Waals surface area contributed by atoms with Crippen LogP contribution < -0.4 is 0 Å². The van der Waals surface area contributed by atoms with Gasteiger partial charge >= 0.3 is 5.97 Å². The van der Waals surface area contributed by atoms with Gasteiger partial charge in [0.05, 0.1) is 7.11 Å². The maximum Gasteiger partial charge on any atom is 0.313 e. The van der Waals surface area contributed by atoms with Crippen LogP contribution in [0.25, 0.3) is 0 Å². The van der Waals surface area contributed by atoms with Crippen molar-refractivity contribution in [1.82, 2.24) is 20.4 Å². The van der Waals surface area contributed by atoms with Crippen molar-refractivity contribution in [2.75, 3.05) is 13.4 Å². The molecule has 0 saturated heterocycles. The van der Waals surface area contributed by atoms with E-state index in [1.165, 1.54) is 18.9 Å². The van der Waals surface area contributed by atoms with Gasteiger partial charge in [-0.15, -0.1) is 20.4 Å². The second kappa shape index (κ2) is 4.70. The summed E-state index contributed by atoms with van der Waals surface area (Å²) in [6.45, 7) is 0. The fourth-order valence-corrected chi connectivity index (χ4v) is 0.840. The lowest BCUT2D eigenvalue weighted by molar-refractivity contribution is -0.139. The lowest BCUT2D eigenvalue weighted by atomic mass is 10.4. The van der Waals surface area contributed by atoms with Gasteiger partial charge in [0.25, 0.3) is 0 Å². The number of hydrogen-bond acceptors (Lipinski definition) is 7. The van der Waals surface area contributed by atoms with Gasteiger partial charge in [-0.05, 0) is 6.26 Å². The van der Waals surface area contributed by atoms with Gasteiger partial charge in [-0.2, -0.15) is 0 Å². The summed E-state index contributed by atoms with van der Waals surface area (Å²) >= 11 is 1.34. The number of esters is 1. The van der Waals surface area contributed by atoms with Crippen molar-refractivity contribution >= 4 is 17.7 Å². The van der Waals surface area contributed by atoms with Crippen molar-refractivity contribution in [3.63, 3.8) is 0 Å². The van der Waals surface area contributed by atoms with E-state index in [-0.39, 0.29) is 12.2 Å². The molecule has 13 heavy (non-hydrogen) atoms. The number of rotatable bonds is 3. The Kier molecular flexibility index (Phi) is 3.56. The first kappa shape index (κ1) is 9.85. The number of thioether (sulfide) groups is 1. The monoisotopic (exact) mass is 200 g/mol. The molecule has 6 nitrogen and oxygen atoms in total. The van der Waals surface area contributed by atoms with E-state index in [9.17, 15) is 4.79 Å². The third kappa shape index (κ3) is 2.94. The Balaban J connectivity index is 2.64. The molecule has 0 saturated carbocycles. The SMILES string of the molecule is COC(=O)Cc1nnc(SC)nn1. The van der Waals surface area contributed by atoms with Gasteiger partial charge in [-0.25, -0.2) is 0 Å². The zero-order valence-electron chi connectivity index (χ0n) is 7.22. The van der Waals surface area contributed by atoms with Crippen LogP contribution in [0.15, 0.2) is 5.16 Å². The molecule has 0 amide bonds. The molecule has 0 aromatic carbocycles. The zero-order valence-corrected chi connectivity index (χ0v) is 8.04. The van der Waals surface area contributed by atoms with E-state index in [2.05, 4.69) is 25.1 Å². The summed E-state index contributed by atoms with van der Waals surface area (Å²) in [5.74, 6) is -0.134. The van der Waals surface area contributed by atoms with Crippen molar-refractivity contribution < 1.29 is 9.53 Å². The Morgan fingerprint density at radius 3 is 2.46 bits per heavy atom. The third-order valence-corrected chi connectivity index (χ3v) is 1.74. The highest BCUT2D eigenvalue weighted by Gasteiger charge is 2.06. The molecule has 70 valence electrons. The second-order valence-electron chi connectivity index (χ2n) is 2.06. The van der Waals surface area contributed by atoms with Crippen LogP contribution in [0.4, 0.5) is 0 Å². The number of aromatic nitrogens is 4. The fraction of sp³-hybridized carbons (Fsp3) is 0.500. The van der Waals surface area contributed by atoms with Gasteiger partial charge in [-0.1, -0.05) is 11.8 Å². The first-order valence-electron chi connectivity index (χ1n) is 3.43.